The minimum atomic E-state index is -0.571. The lowest BCUT2D eigenvalue weighted by Crippen LogP contribution is -2.28. The van der Waals surface area contributed by atoms with Crippen molar-refractivity contribution < 1.29 is 9.59 Å². The summed E-state index contributed by atoms with van der Waals surface area (Å²) in [4.78, 5) is 23.2. The van der Waals surface area contributed by atoms with E-state index in [-0.39, 0.29) is 5.91 Å². The second-order valence-electron chi connectivity index (χ2n) is 6.32. The fraction of sp³-hybridized carbons (Fsp3) is 0.389. The van der Waals surface area contributed by atoms with Gasteiger partial charge in [0, 0.05) is 18.2 Å². The van der Waals surface area contributed by atoms with Gasteiger partial charge in [-0.15, -0.1) is 0 Å². The summed E-state index contributed by atoms with van der Waals surface area (Å²) >= 11 is 0. The molecule has 7 nitrogen and oxygen atoms in total. The SMILES string of the molecule is NC(=O)NCc1ccc(C(=O)Nc2ccnn2C2CCCCC2)cc1. The van der Waals surface area contributed by atoms with E-state index in [9.17, 15) is 9.59 Å². The number of nitrogens with two attached hydrogens (primary N) is 1. The van der Waals surface area contributed by atoms with E-state index in [2.05, 4.69) is 15.7 Å². The molecule has 1 aliphatic carbocycles. The van der Waals surface area contributed by atoms with Crippen molar-refractivity contribution in [3.05, 3.63) is 47.7 Å². The first kappa shape index (κ1) is 17.0. The molecule has 0 radical (unpaired) electrons. The Morgan fingerprint density at radius 3 is 2.52 bits per heavy atom. The Morgan fingerprint density at radius 1 is 1.12 bits per heavy atom. The fourth-order valence-corrected chi connectivity index (χ4v) is 3.18. The van der Waals surface area contributed by atoms with Gasteiger partial charge in [0.2, 0.25) is 0 Å². The van der Waals surface area contributed by atoms with Crippen molar-refractivity contribution in [1.29, 1.82) is 0 Å². The average molecular weight is 341 g/mol. The van der Waals surface area contributed by atoms with Crippen LogP contribution in [0.4, 0.5) is 10.6 Å². The van der Waals surface area contributed by atoms with Gasteiger partial charge in [-0.1, -0.05) is 31.4 Å². The highest BCUT2D eigenvalue weighted by atomic mass is 16.2. The van der Waals surface area contributed by atoms with E-state index in [1.165, 1.54) is 19.3 Å². The molecule has 1 aromatic heterocycles. The van der Waals surface area contributed by atoms with Crippen LogP contribution in [0.15, 0.2) is 36.5 Å². The number of rotatable bonds is 5. The first-order valence-corrected chi connectivity index (χ1v) is 8.60. The molecule has 7 heteroatoms. The number of nitrogens with one attached hydrogen (secondary N) is 2. The molecule has 1 aliphatic rings. The number of amides is 3. The highest BCUT2D eigenvalue weighted by Gasteiger charge is 2.19. The van der Waals surface area contributed by atoms with E-state index in [0.29, 0.717) is 18.2 Å². The maximum absolute atomic E-state index is 12.5. The zero-order valence-corrected chi connectivity index (χ0v) is 14.1. The Hall–Kier alpha value is -2.83. The minimum Gasteiger partial charge on any atom is -0.352 e. The lowest BCUT2D eigenvalue weighted by molar-refractivity contribution is 0.102. The molecule has 4 N–H and O–H groups in total. The lowest BCUT2D eigenvalue weighted by atomic mass is 9.96. The summed E-state index contributed by atoms with van der Waals surface area (Å²) in [5, 5.41) is 9.85. The van der Waals surface area contributed by atoms with Crippen LogP contribution >= 0.6 is 0 Å². The predicted octanol–water partition coefficient (Wildman–Crippen LogP) is 2.81. The number of hydrogen-bond donors (Lipinski definition) is 3. The summed E-state index contributed by atoms with van der Waals surface area (Å²) in [6.07, 6.45) is 7.62. The molecule has 25 heavy (non-hydrogen) atoms. The predicted molar refractivity (Wildman–Crippen MR) is 95.2 cm³/mol. The zero-order chi connectivity index (χ0) is 17.6. The lowest BCUT2D eigenvalue weighted by Gasteiger charge is -2.23. The van der Waals surface area contributed by atoms with Gasteiger partial charge in [0.15, 0.2) is 0 Å². The molecule has 0 unspecified atom stereocenters. The molecular weight excluding hydrogens is 318 g/mol. The molecular formula is C18H23N5O2. The summed E-state index contributed by atoms with van der Waals surface area (Å²) in [5.74, 6) is 0.559. The highest BCUT2D eigenvalue weighted by Crippen LogP contribution is 2.30. The second-order valence-corrected chi connectivity index (χ2v) is 6.32. The average Bonchev–Trinajstić information content (AvgIpc) is 3.09. The number of carbonyl (C=O) groups is 2. The molecule has 3 amide bonds. The highest BCUT2D eigenvalue weighted by molar-refractivity contribution is 6.03. The van der Waals surface area contributed by atoms with Crippen LogP contribution in [0.1, 0.15) is 54.1 Å². The molecule has 0 bridgehead atoms. The van der Waals surface area contributed by atoms with Gasteiger partial charge in [-0.2, -0.15) is 5.10 Å². The Morgan fingerprint density at radius 2 is 1.84 bits per heavy atom. The van der Waals surface area contributed by atoms with Crippen molar-refractivity contribution in [2.24, 2.45) is 5.73 Å². The fourth-order valence-electron chi connectivity index (χ4n) is 3.18. The van der Waals surface area contributed by atoms with Crippen LogP contribution in [0.25, 0.3) is 0 Å². The van der Waals surface area contributed by atoms with Crippen LogP contribution < -0.4 is 16.4 Å². The zero-order valence-electron chi connectivity index (χ0n) is 14.1. The van der Waals surface area contributed by atoms with E-state index in [0.717, 1.165) is 24.2 Å². The molecule has 3 rings (SSSR count). The Kier molecular flexibility index (Phi) is 5.33. The summed E-state index contributed by atoms with van der Waals surface area (Å²) < 4.78 is 1.93. The largest absolute Gasteiger partial charge is 0.352 e. The smallest absolute Gasteiger partial charge is 0.312 e. The van der Waals surface area contributed by atoms with Crippen LogP contribution in [0.2, 0.25) is 0 Å². The number of benzene rings is 1. The third-order valence-corrected chi connectivity index (χ3v) is 4.52. The number of primary amides is 1. The number of carbonyl (C=O) groups excluding carboxylic acids is 2. The third-order valence-electron chi connectivity index (χ3n) is 4.52. The Bertz CT molecular complexity index is 732. The monoisotopic (exact) mass is 341 g/mol. The summed E-state index contributed by atoms with van der Waals surface area (Å²) in [6.45, 7) is 0.339. The van der Waals surface area contributed by atoms with Crippen molar-refractivity contribution in [2.75, 3.05) is 5.32 Å². The van der Waals surface area contributed by atoms with E-state index >= 15 is 0 Å². The first-order valence-electron chi connectivity index (χ1n) is 8.60. The van der Waals surface area contributed by atoms with Gasteiger partial charge in [0.25, 0.3) is 5.91 Å². The van der Waals surface area contributed by atoms with Crippen molar-refractivity contribution >= 4 is 17.8 Å². The molecule has 0 aliphatic heterocycles. The summed E-state index contributed by atoms with van der Waals surface area (Å²) in [6, 6.07) is 8.67. The Balaban J connectivity index is 1.64. The topological polar surface area (TPSA) is 102 Å². The molecule has 132 valence electrons. The molecule has 1 heterocycles. The van der Waals surface area contributed by atoms with Crippen LogP contribution in [-0.2, 0) is 6.54 Å². The van der Waals surface area contributed by atoms with Gasteiger partial charge in [-0.05, 0) is 30.5 Å². The quantitative estimate of drug-likeness (QED) is 0.779. The maximum Gasteiger partial charge on any atom is 0.312 e. The summed E-state index contributed by atoms with van der Waals surface area (Å²) in [5.41, 5.74) is 6.48. The van der Waals surface area contributed by atoms with Crippen molar-refractivity contribution in [1.82, 2.24) is 15.1 Å². The van der Waals surface area contributed by atoms with E-state index in [1.807, 2.05) is 10.7 Å². The number of aromatic nitrogens is 2. The molecule has 0 atom stereocenters. The van der Waals surface area contributed by atoms with Gasteiger partial charge in [-0.3, -0.25) is 4.79 Å². The molecule has 0 spiro atoms. The normalized spacial score (nSPS) is 14.9. The molecule has 1 saturated carbocycles. The molecule has 2 aromatic rings. The molecule has 1 fully saturated rings. The number of urea groups is 1. The van der Waals surface area contributed by atoms with Crippen LogP contribution in [0, 0.1) is 0 Å². The van der Waals surface area contributed by atoms with Crippen LogP contribution in [-0.4, -0.2) is 21.7 Å². The minimum absolute atomic E-state index is 0.174. The van der Waals surface area contributed by atoms with Gasteiger partial charge in [0.1, 0.15) is 5.82 Å². The van der Waals surface area contributed by atoms with Gasteiger partial charge < -0.3 is 16.4 Å². The van der Waals surface area contributed by atoms with E-state index in [1.54, 1.807) is 30.5 Å². The van der Waals surface area contributed by atoms with E-state index in [4.69, 9.17) is 5.73 Å². The van der Waals surface area contributed by atoms with Gasteiger partial charge in [0.05, 0.1) is 12.2 Å². The summed E-state index contributed by atoms with van der Waals surface area (Å²) in [7, 11) is 0. The second kappa shape index (κ2) is 7.83. The van der Waals surface area contributed by atoms with Crippen LogP contribution in [0.5, 0.6) is 0 Å². The number of hydrogen-bond acceptors (Lipinski definition) is 3. The van der Waals surface area contributed by atoms with E-state index < -0.39 is 6.03 Å². The van der Waals surface area contributed by atoms with Crippen LogP contribution in [0.3, 0.4) is 0 Å². The Labute approximate surface area is 146 Å². The molecule has 0 saturated heterocycles. The maximum atomic E-state index is 12.5. The number of nitrogens with zero attached hydrogens (tertiary/aromatic N) is 2. The van der Waals surface area contributed by atoms with Gasteiger partial charge in [-0.25, -0.2) is 9.48 Å². The van der Waals surface area contributed by atoms with Crippen molar-refractivity contribution in [3.63, 3.8) is 0 Å². The molecule has 1 aromatic carbocycles. The first-order chi connectivity index (χ1) is 12.1. The number of anilines is 1. The van der Waals surface area contributed by atoms with Gasteiger partial charge >= 0.3 is 6.03 Å². The van der Waals surface area contributed by atoms with Crippen molar-refractivity contribution in [2.45, 2.75) is 44.7 Å². The third kappa shape index (κ3) is 4.37. The van der Waals surface area contributed by atoms with Crippen molar-refractivity contribution in [3.8, 4) is 0 Å². The standard InChI is InChI=1S/C18H23N5O2/c19-18(25)20-12-13-6-8-14(9-7-13)17(24)22-16-10-11-21-23(16)15-4-2-1-3-5-15/h6-11,15H,1-5,12H2,(H,22,24)(H3,19,20,25).